The van der Waals surface area contributed by atoms with Gasteiger partial charge in [0.25, 0.3) is 0 Å². The Morgan fingerprint density at radius 1 is 0.943 bits per heavy atom. The number of hydrogen-bond donors (Lipinski definition) is 1. The lowest BCUT2D eigenvalue weighted by Crippen LogP contribution is -2.42. The van der Waals surface area contributed by atoms with Gasteiger partial charge in [0.2, 0.25) is 0 Å². The summed E-state index contributed by atoms with van der Waals surface area (Å²) in [6.45, 7) is 4.08. The Labute approximate surface area is 204 Å². The number of para-hydroxylation sites is 1. The first kappa shape index (κ1) is 21.6. The zero-order valence-electron chi connectivity index (χ0n) is 19.8. The van der Waals surface area contributed by atoms with Crippen molar-refractivity contribution in [2.24, 2.45) is 0 Å². The molecule has 0 atom stereocenters. The number of imidazole rings is 1. The van der Waals surface area contributed by atoms with Crippen molar-refractivity contribution in [3.63, 3.8) is 0 Å². The van der Waals surface area contributed by atoms with E-state index in [0.717, 1.165) is 70.7 Å². The summed E-state index contributed by atoms with van der Waals surface area (Å²) in [6.07, 6.45) is 3.33. The molecular weight excluding hydrogens is 436 g/mol. The van der Waals surface area contributed by atoms with E-state index in [2.05, 4.69) is 46.3 Å². The highest BCUT2D eigenvalue weighted by Gasteiger charge is 2.28. The second kappa shape index (κ2) is 8.71. The van der Waals surface area contributed by atoms with Gasteiger partial charge in [0.05, 0.1) is 27.8 Å². The first-order valence-electron chi connectivity index (χ1n) is 12.1. The molecule has 0 bridgehead atoms. The standard InChI is InChI=1S/C29H28N4O2/c1-29(34)14-16-32(17-15-29)26-9-5-8-22-10-13-27(31-28(22)26)33-20-30-24-18-23(11-12-25(24)33)35-19-21-6-3-2-4-7-21/h2-13,18,20,34H,14-17,19H2,1H3. The zero-order chi connectivity index (χ0) is 23.8. The molecule has 0 amide bonds. The van der Waals surface area contributed by atoms with Crippen LogP contribution in [0.4, 0.5) is 5.69 Å². The third-order valence-corrected chi connectivity index (χ3v) is 6.88. The van der Waals surface area contributed by atoms with Gasteiger partial charge in [0.15, 0.2) is 0 Å². The van der Waals surface area contributed by atoms with Crippen molar-refractivity contribution in [3.05, 3.63) is 90.8 Å². The van der Waals surface area contributed by atoms with Crippen LogP contribution in [0.1, 0.15) is 25.3 Å². The van der Waals surface area contributed by atoms with Crippen LogP contribution in [0.2, 0.25) is 0 Å². The number of hydrogen-bond acceptors (Lipinski definition) is 5. The molecule has 1 aliphatic rings. The number of piperidine rings is 1. The lowest BCUT2D eigenvalue weighted by molar-refractivity contribution is 0.0352. The van der Waals surface area contributed by atoms with Gasteiger partial charge < -0.3 is 14.7 Å². The molecule has 35 heavy (non-hydrogen) atoms. The number of pyridine rings is 1. The van der Waals surface area contributed by atoms with Crippen LogP contribution in [0.5, 0.6) is 5.75 Å². The number of ether oxygens (including phenoxy) is 1. The molecule has 5 aromatic rings. The first-order valence-corrected chi connectivity index (χ1v) is 12.1. The van der Waals surface area contributed by atoms with E-state index in [-0.39, 0.29) is 0 Å². The third-order valence-electron chi connectivity index (χ3n) is 6.88. The van der Waals surface area contributed by atoms with Crippen molar-refractivity contribution in [1.82, 2.24) is 14.5 Å². The molecule has 1 fully saturated rings. The Hall–Kier alpha value is -3.90. The number of anilines is 1. The molecule has 0 spiro atoms. The number of rotatable bonds is 5. The highest BCUT2D eigenvalue weighted by atomic mass is 16.5. The Balaban J connectivity index is 1.30. The van der Waals surface area contributed by atoms with Gasteiger partial charge >= 0.3 is 0 Å². The minimum atomic E-state index is -0.584. The maximum Gasteiger partial charge on any atom is 0.139 e. The number of fused-ring (bicyclic) bond motifs is 2. The fourth-order valence-corrected chi connectivity index (χ4v) is 4.75. The van der Waals surface area contributed by atoms with Crippen molar-refractivity contribution >= 4 is 27.6 Å². The van der Waals surface area contributed by atoms with Crippen molar-refractivity contribution in [3.8, 4) is 11.6 Å². The maximum atomic E-state index is 10.4. The topological polar surface area (TPSA) is 63.4 Å². The quantitative estimate of drug-likeness (QED) is 0.372. The average molecular weight is 465 g/mol. The van der Waals surface area contributed by atoms with Crippen LogP contribution in [-0.2, 0) is 6.61 Å². The van der Waals surface area contributed by atoms with E-state index < -0.39 is 5.60 Å². The molecule has 2 aromatic heterocycles. The molecule has 176 valence electrons. The van der Waals surface area contributed by atoms with E-state index in [0.29, 0.717) is 6.61 Å². The summed E-state index contributed by atoms with van der Waals surface area (Å²) >= 11 is 0. The predicted octanol–water partition coefficient (Wildman–Crippen LogP) is 5.50. The molecule has 1 N–H and O–H groups in total. The van der Waals surface area contributed by atoms with E-state index in [4.69, 9.17) is 9.72 Å². The molecule has 0 radical (unpaired) electrons. The van der Waals surface area contributed by atoms with Crippen LogP contribution in [0, 0.1) is 0 Å². The Bertz CT molecular complexity index is 1480. The van der Waals surface area contributed by atoms with E-state index in [1.165, 1.54) is 0 Å². The molecule has 0 unspecified atom stereocenters. The third kappa shape index (κ3) is 4.33. The number of aliphatic hydroxyl groups is 1. The normalized spacial score (nSPS) is 15.5. The van der Waals surface area contributed by atoms with Crippen LogP contribution in [0.15, 0.2) is 85.2 Å². The highest BCUT2D eigenvalue weighted by molar-refractivity contribution is 5.92. The molecule has 0 aliphatic carbocycles. The van der Waals surface area contributed by atoms with Crippen LogP contribution in [0.3, 0.4) is 0 Å². The van der Waals surface area contributed by atoms with Crippen molar-refractivity contribution in [1.29, 1.82) is 0 Å². The molecule has 3 heterocycles. The molecule has 3 aromatic carbocycles. The number of nitrogens with zero attached hydrogens (tertiary/aromatic N) is 4. The molecule has 1 saturated heterocycles. The second-order valence-electron chi connectivity index (χ2n) is 9.54. The second-order valence-corrected chi connectivity index (χ2v) is 9.54. The Kier molecular flexibility index (Phi) is 5.38. The predicted molar refractivity (Wildman–Crippen MR) is 139 cm³/mol. The van der Waals surface area contributed by atoms with Crippen molar-refractivity contribution in [2.75, 3.05) is 18.0 Å². The van der Waals surface area contributed by atoms with Crippen molar-refractivity contribution in [2.45, 2.75) is 32.0 Å². The van der Waals surface area contributed by atoms with Gasteiger partial charge in [-0.25, -0.2) is 9.97 Å². The summed E-state index contributed by atoms with van der Waals surface area (Å²) in [5, 5.41) is 11.5. The average Bonchev–Trinajstić information content (AvgIpc) is 3.31. The van der Waals surface area contributed by atoms with Gasteiger partial charge in [-0.05, 0) is 55.7 Å². The lowest BCUT2D eigenvalue weighted by atomic mass is 9.93. The fraction of sp³-hybridized carbons (Fsp3) is 0.241. The van der Waals surface area contributed by atoms with E-state index in [9.17, 15) is 5.11 Å². The summed E-state index contributed by atoms with van der Waals surface area (Å²) in [6, 6.07) is 26.6. The largest absolute Gasteiger partial charge is 0.489 e. The van der Waals surface area contributed by atoms with Gasteiger partial charge in [-0.2, -0.15) is 0 Å². The molecule has 0 saturated carbocycles. The van der Waals surface area contributed by atoms with Gasteiger partial charge in [-0.1, -0.05) is 42.5 Å². The minimum absolute atomic E-state index is 0.522. The van der Waals surface area contributed by atoms with Crippen LogP contribution in [0.25, 0.3) is 27.8 Å². The Morgan fingerprint density at radius 2 is 1.77 bits per heavy atom. The summed E-state index contributed by atoms with van der Waals surface area (Å²) in [4.78, 5) is 12.0. The highest BCUT2D eigenvalue weighted by Crippen LogP contribution is 2.32. The van der Waals surface area contributed by atoms with E-state index in [1.807, 2.05) is 60.3 Å². The smallest absolute Gasteiger partial charge is 0.139 e. The van der Waals surface area contributed by atoms with Gasteiger partial charge in [-0.15, -0.1) is 0 Å². The van der Waals surface area contributed by atoms with Gasteiger partial charge in [0.1, 0.15) is 24.5 Å². The van der Waals surface area contributed by atoms with Crippen LogP contribution in [-0.4, -0.2) is 38.3 Å². The fourth-order valence-electron chi connectivity index (χ4n) is 4.75. The SMILES string of the molecule is CC1(O)CCN(c2cccc3ccc(-n4cnc5cc(OCc6ccccc6)ccc54)nc23)CC1. The molecule has 6 nitrogen and oxygen atoms in total. The summed E-state index contributed by atoms with van der Waals surface area (Å²) < 4.78 is 8.00. The van der Waals surface area contributed by atoms with E-state index in [1.54, 1.807) is 0 Å². The molecule has 6 rings (SSSR count). The molecule has 6 heteroatoms. The number of benzene rings is 3. The van der Waals surface area contributed by atoms with Crippen LogP contribution < -0.4 is 9.64 Å². The minimum Gasteiger partial charge on any atom is -0.489 e. The van der Waals surface area contributed by atoms with Gasteiger partial charge in [-0.3, -0.25) is 4.57 Å². The summed E-state index contributed by atoms with van der Waals surface area (Å²) in [5.74, 6) is 1.62. The summed E-state index contributed by atoms with van der Waals surface area (Å²) in [7, 11) is 0. The van der Waals surface area contributed by atoms with Gasteiger partial charge in [0, 0.05) is 24.5 Å². The lowest BCUT2D eigenvalue weighted by Gasteiger charge is -2.37. The monoisotopic (exact) mass is 464 g/mol. The zero-order valence-corrected chi connectivity index (χ0v) is 19.8. The number of aromatic nitrogens is 3. The molecular formula is C29H28N4O2. The molecule has 1 aliphatic heterocycles. The Morgan fingerprint density at radius 3 is 2.60 bits per heavy atom. The first-order chi connectivity index (χ1) is 17.1. The van der Waals surface area contributed by atoms with Crippen LogP contribution >= 0.6 is 0 Å². The van der Waals surface area contributed by atoms with Crippen molar-refractivity contribution < 1.29 is 9.84 Å². The summed E-state index contributed by atoms with van der Waals surface area (Å²) in [5.41, 5.74) is 4.47. The van der Waals surface area contributed by atoms with E-state index >= 15 is 0 Å². The maximum absolute atomic E-state index is 10.4.